The van der Waals surface area contributed by atoms with Gasteiger partial charge in [-0.3, -0.25) is 4.79 Å². The van der Waals surface area contributed by atoms with Crippen LogP contribution in [0.3, 0.4) is 0 Å². The Hall–Kier alpha value is -0.610. The van der Waals surface area contributed by atoms with Crippen molar-refractivity contribution in [2.24, 2.45) is 5.92 Å². The maximum atomic E-state index is 11.8. The average molecular weight is 198 g/mol. The van der Waals surface area contributed by atoms with E-state index >= 15 is 0 Å². The van der Waals surface area contributed by atoms with Crippen LogP contribution < -0.4 is 5.32 Å². The Morgan fingerprint density at radius 3 is 2.86 bits per heavy atom. The highest BCUT2D eigenvalue weighted by atomic mass is 16.5. The minimum absolute atomic E-state index is 0.111. The number of nitrogens with zero attached hydrogens (tertiary/aromatic N) is 1. The summed E-state index contributed by atoms with van der Waals surface area (Å²) in [6, 6.07) is 0.520. The third-order valence-electron chi connectivity index (χ3n) is 3.08. The van der Waals surface area contributed by atoms with Crippen LogP contribution in [0.2, 0.25) is 0 Å². The Kier molecular flexibility index (Phi) is 3.03. The molecule has 2 heterocycles. The van der Waals surface area contributed by atoms with Gasteiger partial charge in [-0.1, -0.05) is 0 Å². The van der Waals surface area contributed by atoms with Crippen molar-refractivity contribution in [1.82, 2.24) is 10.2 Å². The fourth-order valence-corrected chi connectivity index (χ4v) is 1.97. The fourth-order valence-electron chi connectivity index (χ4n) is 1.97. The van der Waals surface area contributed by atoms with Crippen LogP contribution in [0.5, 0.6) is 0 Å². The van der Waals surface area contributed by atoms with Gasteiger partial charge in [0, 0.05) is 26.2 Å². The Morgan fingerprint density at radius 1 is 1.57 bits per heavy atom. The second-order valence-electron chi connectivity index (χ2n) is 4.22. The number of carbonyl (C=O) groups excluding carboxylic acids is 1. The number of nitrogens with one attached hydrogen (secondary N) is 1. The van der Waals surface area contributed by atoms with E-state index in [-0.39, 0.29) is 11.8 Å². The van der Waals surface area contributed by atoms with Crippen molar-refractivity contribution in [3.05, 3.63) is 0 Å². The topological polar surface area (TPSA) is 41.6 Å². The van der Waals surface area contributed by atoms with Crippen molar-refractivity contribution in [3.8, 4) is 0 Å². The molecule has 0 aliphatic carbocycles. The number of hydrogen-bond donors (Lipinski definition) is 1. The minimum Gasteiger partial charge on any atom is -0.381 e. The number of carbonyl (C=O) groups is 1. The maximum Gasteiger partial charge on any atom is 0.227 e. The number of hydrogen-bond acceptors (Lipinski definition) is 3. The molecule has 14 heavy (non-hydrogen) atoms. The molecule has 2 atom stereocenters. The van der Waals surface area contributed by atoms with Gasteiger partial charge in [-0.15, -0.1) is 0 Å². The van der Waals surface area contributed by atoms with Gasteiger partial charge in [-0.2, -0.15) is 0 Å². The number of amides is 1. The van der Waals surface area contributed by atoms with Crippen LogP contribution in [0.4, 0.5) is 0 Å². The third kappa shape index (κ3) is 2.07. The summed E-state index contributed by atoms with van der Waals surface area (Å²) in [7, 11) is 1.89. The molecule has 0 aromatic heterocycles. The van der Waals surface area contributed by atoms with Gasteiger partial charge in [0.1, 0.15) is 0 Å². The first kappa shape index (κ1) is 9.93. The van der Waals surface area contributed by atoms with Gasteiger partial charge in [0.05, 0.1) is 12.5 Å². The molecule has 0 saturated carbocycles. The zero-order valence-electron chi connectivity index (χ0n) is 8.66. The molecule has 2 rings (SSSR count). The molecule has 0 spiro atoms. The van der Waals surface area contributed by atoms with Gasteiger partial charge < -0.3 is 15.0 Å². The van der Waals surface area contributed by atoms with Crippen LogP contribution in [-0.2, 0) is 9.53 Å². The standard InChI is InChI=1S/C10H18N2O2/c1-12(6-9-2-4-11-9)10(13)8-3-5-14-7-8/h8-9,11H,2-7H2,1H3. The van der Waals surface area contributed by atoms with E-state index in [9.17, 15) is 4.79 Å². The summed E-state index contributed by atoms with van der Waals surface area (Å²) in [5.74, 6) is 0.358. The first-order valence-electron chi connectivity index (χ1n) is 5.33. The van der Waals surface area contributed by atoms with Gasteiger partial charge in [0.25, 0.3) is 0 Å². The lowest BCUT2D eigenvalue weighted by atomic mass is 10.0. The van der Waals surface area contributed by atoms with E-state index in [2.05, 4.69) is 5.32 Å². The Balaban J connectivity index is 1.77. The Bertz CT molecular complexity index is 210. The molecule has 1 amide bonds. The summed E-state index contributed by atoms with van der Waals surface area (Å²) in [4.78, 5) is 13.7. The van der Waals surface area contributed by atoms with Crippen molar-refractivity contribution in [2.45, 2.75) is 18.9 Å². The Labute approximate surface area is 84.6 Å². The smallest absolute Gasteiger partial charge is 0.227 e. The van der Waals surface area contributed by atoms with Gasteiger partial charge in [-0.05, 0) is 19.4 Å². The molecule has 0 aromatic carbocycles. The maximum absolute atomic E-state index is 11.8. The van der Waals surface area contributed by atoms with E-state index in [1.54, 1.807) is 0 Å². The quantitative estimate of drug-likeness (QED) is 0.685. The van der Waals surface area contributed by atoms with Crippen molar-refractivity contribution in [3.63, 3.8) is 0 Å². The largest absolute Gasteiger partial charge is 0.381 e. The highest BCUT2D eigenvalue weighted by Crippen LogP contribution is 2.15. The lowest BCUT2D eigenvalue weighted by Gasteiger charge is -2.32. The van der Waals surface area contributed by atoms with E-state index in [0.717, 1.165) is 26.1 Å². The first-order valence-corrected chi connectivity index (χ1v) is 5.33. The first-order chi connectivity index (χ1) is 6.77. The molecule has 0 aromatic rings. The van der Waals surface area contributed by atoms with Crippen LogP contribution in [-0.4, -0.2) is 50.2 Å². The molecular weight excluding hydrogens is 180 g/mol. The fraction of sp³-hybridized carbons (Fsp3) is 0.900. The van der Waals surface area contributed by atoms with Gasteiger partial charge in [0.15, 0.2) is 0 Å². The van der Waals surface area contributed by atoms with E-state index in [0.29, 0.717) is 12.6 Å². The SMILES string of the molecule is CN(CC1CCN1)C(=O)C1CCOC1. The number of ether oxygens (including phenoxy) is 1. The summed E-state index contributed by atoms with van der Waals surface area (Å²) in [5.41, 5.74) is 0. The Morgan fingerprint density at radius 2 is 2.36 bits per heavy atom. The van der Waals surface area contributed by atoms with Crippen LogP contribution >= 0.6 is 0 Å². The predicted octanol–water partition coefficient (Wildman–Crippen LogP) is -0.157. The van der Waals surface area contributed by atoms with Crippen LogP contribution in [0.25, 0.3) is 0 Å². The minimum atomic E-state index is 0.111. The summed E-state index contributed by atoms with van der Waals surface area (Å²) >= 11 is 0. The second-order valence-corrected chi connectivity index (χ2v) is 4.22. The second kappa shape index (κ2) is 4.28. The highest BCUT2D eigenvalue weighted by Gasteiger charge is 2.28. The van der Waals surface area contributed by atoms with E-state index in [4.69, 9.17) is 4.74 Å². The summed E-state index contributed by atoms with van der Waals surface area (Å²) in [5, 5.41) is 3.30. The van der Waals surface area contributed by atoms with E-state index < -0.39 is 0 Å². The van der Waals surface area contributed by atoms with Crippen molar-refractivity contribution in [1.29, 1.82) is 0 Å². The molecule has 1 N–H and O–H groups in total. The predicted molar refractivity (Wildman–Crippen MR) is 53.0 cm³/mol. The average Bonchev–Trinajstić information content (AvgIpc) is 2.62. The zero-order chi connectivity index (χ0) is 9.97. The molecule has 0 bridgehead atoms. The lowest BCUT2D eigenvalue weighted by Crippen LogP contribution is -2.51. The molecule has 2 fully saturated rings. The molecule has 2 aliphatic heterocycles. The monoisotopic (exact) mass is 198 g/mol. The molecule has 4 nitrogen and oxygen atoms in total. The van der Waals surface area contributed by atoms with Crippen molar-refractivity contribution >= 4 is 5.91 Å². The number of likely N-dealkylation sites (N-methyl/N-ethyl adjacent to an activating group) is 1. The molecule has 2 unspecified atom stereocenters. The zero-order valence-corrected chi connectivity index (χ0v) is 8.66. The molecule has 2 saturated heterocycles. The van der Waals surface area contributed by atoms with E-state index in [1.807, 2.05) is 11.9 Å². The summed E-state index contributed by atoms with van der Waals surface area (Å²) in [6.07, 6.45) is 2.08. The molecule has 80 valence electrons. The van der Waals surface area contributed by atoms with Crippen LogP contribution in [0.15, 0.2) is 0 Å². The van der Waals surface area contributed by atoms with Crippen LogP contribution in [0.1, 0.15) is 12.8 Å². The van der Waals surface area contributed by atoms with Crippen molar-refractivity contribution in [2.75, 3.05) is 33.4 Å². The highest BCUT2D eigenvalue weighted by molar-refractivity contribution is 5.79. The van der Waals surface area contributed by atoms with Gasteiger partial charge in [-0.25, -0.2) is 0 Å². The molecule has 2 aliphatic rings. The lowest BCUT2D eigenvalue weighted by molar-refractivity contribution is -0.134. The van der Waals surface area contributed by atoms with Gasteiger partial charge in [0.2, 0.25) is 5.91 Å². The molecular formula is C10H18N2O2. The molecule has 0 radical (unpaired) electrons. The van der Waals surface area contributed by atoms with Crippen LogP contribution in [0, 0.1) is 5.92 Å². The van der Waals surface area contributed by atoms with Crippen molar-refractivity contribution < 1.29 is 9.53 Å². The molecule has 4 heteroatoms. The summed E-state index contributed by atoms with van der Waals surface area (Å²) < 4.78 is 5.21. The summed E-state index contributed by atoms with van der Waals surface area (Å²) in [6.45, 7) is 3.29. The van der Waals surface area contributed by atoms with E-state index in [1.165, 1.54) is 6.42 Å². The number of rotatable bonds is 3. The normalized spacial score (nSPS) is 31.2. The third-order valence-corrected chi connectivity index (χ3v) is 3.08. The van der Waals surface area contributed by atoms with Gasteiger partial charge >= 0.3 is 0 Å².